The Balaban J connectivity index is 2.20. The van der Waals surface area contributed by atoms with Gasteiger partial charge in [0, 0.05) is 0 Å². The van der Waals surface area contributed by atoms with Crippen LogP contribution in [0.5, 0.6) is 5.75 Å². The zero-order valence-electron chi connectivity index (χ0n) is 10.9. The van der Waals surface area contributed by atoms with Gasteiger partial charge in [-0.05, 0) is 45.8 Å². The van der Waals surface area contributed by atoms with Gasteiger partial charge in [0.15, 0.2) is 5.76 Å². The first kappa shape index (κ1) is 15.0. The lowest BCUT2D eigenvalue weighted by molar-refractivity contribution is -0.402. The number of rotatable bonds is 5. The second kappa shape index (κ2) is 6.36. The predicted molar refractivity (Wildman–Crippen MR) is 79.6 cm³/mol. The molecule has 2 rings (SSSR count). The van der Waals surface area contributed by atoms with Crippen molar-refractivity contribution in [2.75, 3.05) is 7.11 Å². The minimum absolute atomic E-state index is 0.0988. The molecule has 21 heavy (non-hydrogen) atoms. The summed E-state index contributed by atoms with van der Waals surface area (Å²) in [6.45, 7) is 0. The van der Waals surface area contributed by atoms with Gasteiger partial charge in [0.1, 0.15) is 10.7 Å². The molecule has 0 aliphatic carbocycles. The summed E-state index contributed by atoms with van der Waals surface area (Å²) >= 11 is 3.15. The quantitative estimate of drug-likeness (QED) is 0.354. The van der Waals surface area contributed by atoms with Gasteiger partial charge in [0.2, 0.25) is 5.78 Å². The summed E-state index contributed by atoms with van der Waals surface area (Å²) in [4.78, 5) is 21.9. The molecule has 0 radical (unpaired) electrons. The average molecular weight is 352 g/mol. The number of carbonyl (C=O) groups is 1. The van der Waals surface area contributed by atoms with Crippen LogP contribution in [0, 0.1) is 10.1 Å². The number of benzene rings is 1. The minimum atomic E-state index is -0.697. The Bertz CT molecular complexity index is 702. The van der Waals surface area contributed by atoms with E-state index in [2.05, 4.69) is 15.9 Å². The highest BCUT2D eigenvalue weighted by atomic mass is 79.9. The number of halogens is 1. The fraction of sp³-hybridized carbons (Fsp3) is 0.0714. The van der Waals surface area contributed by atoms with Crippen molar-refractivity contribution in [1.82, 2.24) is 0 Å². The van der Waals surface area contributed by atoms with Crippen LogP contribution in [0.15, 0.2) is 45.3 Å². The molecule has 0 N–H and O–H groups in total. The molecule has 2 aromatic rings. The summed E-state index contributed by atoms with van der Waals surface area (Å²) in [5.41, 5.74) is 0.775. The van der Waals surface area contributed by atoms with Crippen LogP contribution in [0.1, 0.15) is 16.1 Å². The Morgan fingerprint density at radius 2 is 1.95 bits per heavy atom. The van der Waals surface area contributed by atoms with Gasteiger partial charge in [0.25, 0.3) is 0 Å². The molecular weight excluding hydrogens is 342 g/mol. The largest absolute Gasteiger partial charge is 0.497 e. The van der Waals surface area contributed by atoms with Gasteiger partial charge in [-0.1, -0.05) is 12.1 Å². The van der Waals surface area contributed by atoms with Crippen molar-refractivity contribution in [2.45, 2.75) is 0 Å². The molecule has 0 fully saturated rings. The third-order valence-electron chi connectivity index (χ3n) is 2.62. The molecule has 1 aromatic heterocycles. The Labute approximate surface area is 128 Å². The Morgan fingerprint density at radius 3 is 2.48 bits per heavy atom. The van der Waals surface area contributed by atoms with Crippen LogP contribution in [0.4, 0.5) is 5.88 Å². The van der Waals surface area contributed by atoms with Crippen molar-refractivity contribution in [3.05, 3.63) is 62.3 Å². The van der Waals surface area contributed by atoms with Crippen LogP contribution in [0.2, 0.25) is 0 Å². The van der Waals surface area contributed by atoms with E-state index >= 15 is 0 Å². The molecule has 0 bridgehead atoms. The van der Waals surface area contributed by atoms with Crippen molar-refractivity contribution < 1.29 is 18.9 Å². The molecule has 7 heteroatoms. The lowest BCUT2D eigenvalue weighted by atomic mass is 10.2. The number of methoxy groups -OCH3 is 1. The number of nitro groups is 1. The standard InChI is InChI=1S/C14H10BrNO5/c1-20-10-4-2-9(3-5-10)8-11(15)14(17)12-6-7-13(21-12)16(18)19/h2-8H,1H3/b11-8+. The van der Waals surface area contributed by atoms with Crippen LogP contribution in [0.25, 0.3) is 6.08 Å². The number of furan rings is 1. The number of allylic oxidation sites excluding steroid dienone is 1. The van der Waals surface area contributed by atoms with Crippen molar-refractivity contribution in [1.29, 1.82) is 0 Å². The van der Waals surface area contributed by atoms with Crippen molar-refractivity contribution in [2.24, 2.45) is 0 Å². The molecule has 0 aliphatic rings. The zero-order chi connectivity index (χ0) is 15.4. The van der Waals surface area contributed by atoms with E-state index in [1.165, 1.54) is 6.07 Å². The molecule has 108 valence electrons. The predicted octanol–water partition coefficient (Wildman–Crippen LogP) is 3.82. The van der Waals surface area contributed by atoms with E-state index in [4.69, 9.17) is 9.15 Å². The SMILES string of the molecule is COc1ccc(/C=C(/Br)C(=O)c2ccc([N+](=O)[O-])o2)cc1. The number of Topliss-reactive ketones (excluding diaryl/α,β-unsaturated/α-hetero) is 1. The highest BCUT2D eigenvalue weighted by Crippen LogP contribution is 2.23. The number of hydrogen-bond acceptors (Lipinski definition) is 5. The number of nitrogens with zero attached hydrogens (tertiary/aromatic N) is 1. The highest BCUT2D eigenvalue weighted by molar-refractivity contribution is 9.12. The van der Waals surface area contributed by atoms with Crippen molar-refractivity contribution >= 4 is 33.7 Å². The van der Waals surface area contributed by atoms with E-state index in [1.807, 2.05) is 0 Å². The molecule has 1 heterocycles. The van der Waals surface area contributed by atoms with Crippen molar-refractivity contribution in [3.63, 3.8) is 0 Å². The Hall–Kier alpha value is -2.41. The normalized spacial score (nSPS) is 11.2. The minimum Gasteiger partial charge on any atom is -0.497 e. The number of ketones is 1. The van der Waals surface area contributed by atoms with Gasteiger partial charge in [-0.25, -0.2) is 0 Å². The monoisotopic (exact) mass is 351 g/mol. The maximum absolute atomic E-state index is 12.1. The van der Waals surface area contributed by atoms with Gasteiger partial charge in [-0.2, -0.15) is 0 Å². The summed E-state index contributed by atoms with van der Waals surface area (Å²) in [5.74, 6) is -0.336. The number of ether oxygens (including phenoxy) is 1. The zero-order valence-corrected chi connectivity index (χ0v) is 12.5. The second-order valence-electron chi connectivity index (χ2n) is 3.99. The third kappa shape index (κ3) is 3.57. The lowest BCUT2D eigenvalue weighted by Crippen LogP contribution is -1.96. The molecule has 0 unspecified atom stereocenters. The first-order chi connectivity index (χ1) is 10.0. The van der Waals surface area contributed by atoms with Crippen LogP contribution in [-0.2, 0) is 0 Å². The first-order valence-corrected chi connectivity index (χ1v) is 6.60. The molecule has 0 atom stereocenters. The number of carbonyl (C=O) groups excluding carboxylic acids is 1. The van der Waals surface area contributed by atoms with E-state index in [-0.39, 0.29) is 10.2 Å². The van der Waals surface area contributed by atoms with Crippen molar-refractivity contribution in [3.8, 4) is 5.75 Å². The van der Waals surface area contributed by atoms with Gasteiger partial charge in [-0.3, -0.25) is 14.9 Å². The molecule has 0 saturated carbocycles. The summed E-state index contributed by atoms with van der Waals surface area (Å²) in [7, 11) is 1.56. The lowest BCUT2D eigenvalue weighted by Gasteiger charge is -2.00. The fourth-order valence-electron chi connectivity index (χ4n) is 1.58. The molecule has 0 amide bonds. The van der Waals surface area contributed by atoms with Gasteiger partial charge < -0.3 is 9.15 Å². The van der Waals surface area contributed by atoms with E-state index in [0.29, 0.717) is 5.75 Å². The summed E-state index contributed by atoms with van der Waals surface area (Å²) in [6, 6.07) is 9.48. The second-order valence-corrected chi connectivity index (χ2v) is 4.84. The van der Waals surface area contributed by atoms with E-state index < -0.39 is 16.6 Å². The third-order valence-corrected chi connectivity index (χ3v) is 3.21. The number of hydrogen-bond donors (Lipinski definition) is 0. The fourth-order valence-corrected chi connectivity index (χ4v) is 2.04. The molecular formula is C14H10BrNO5. The maximum atomic E-state index is 12.1. The van der Waals surface area contributed by atoms with E-state index in [1.54, 1.807) is 37.5 Å². The smallest absolute Gasteiger partial charge is 0.433 e. The Morgan fingerprint density at radius 1 is 1.29 bits per heavy atom. The molecule has 0 saturated heterocycles. The molecule has 0 spiro atoms. The van der Waals surface area contributed by atoms with Crippen LogP contribution in [0.3, 0.4) is 0 Å². The van der Waals surface area contributed by atoms with Crippen LogP contribution >= 0.6 is 15.9 Å². The molecule has 0 aliphatic heterocycles. The van der Waals surface area contributed by atoms with E-state index in [9.17, 15) is 14.9 Å². The Kier molecular flexibility index (Phi) is 4.54. The maximum Gasteiger partial charge on any atom is 0.433 e. The average Bonchev–Trinajstić information content (AvgIpc) is 2.97. The summed E-state index contributed by atoms with van der Waals surface area (Å²) in [5, 5.41) is 10.5. The van der Waals surface area contributed by atoms with E-state index in [0.717, 1.165) is 11.6 Å². The van der Waals surface area contributed by atoms with Crippen LogP contribution in [-0.4, -0.2) is 17.8 Å². The summed E-state index contributed by atoms with van der Waals surface area (Å²) < 4.78 is 10.1. The van der Waals surface area contributed by atoms with Gasteiger partial charge in [0.05, 0.1) is 17.7 Å². The highest BCUT2D eigenvalue weighted by Gasteiger charge is 2.19. The van der Waals surface area contributed by atoms with Gasteiger partial charge >= 0.3 is 5.88 Å². The summed E-state index contributed by atoms with van der Waals surface area (Å²) in [6.07, 6.45) is 1.59. The van der Waals surface area contributed by atoms with Gasteiger partial charge in [-0.15, -0.1) is 0 Å². The molecule has 1 aromatic carbocycles. The molecule has 6 nitrogen and oxygen atoms in total. The first-order valence-electron chi connectivity index (χ1n) is 5.81. The topological polar surface area (TPSA) is 82.6 Å². The van der Waals surface area contributed by atoms with Crippen LogP contribution < -0.4 is 4.74 Å².